The van der Waals surface area contributed by atoms with Crippen molar-refractivity contribution in [2.45, 2.75) is 9.79 Å². The van der Waals surface area contributed by atoms with Crippen LogP contribution in [0, 0.1) is 0 Å². The summed E-state index contributed by atoms with van der Waals surface area (Å²) in [5.41, 5.74) is 1.78. The third kappa shape index (κ3) is 3.74. The zero-order chi connectivity index (χ0) is 20.2. The fourth-order valence-electron chi connectivity index (χ4n) is 3.27. The molecule has 3 aromatic carbocycles. The number of methoxy groups -OCH3 is 3. The Hall–Kier alpha value is -3.18. The van der Waals surface area contributed by atoms with E-state index in [1.807, 2.05) is 42.6 Å². The number of benzene rings is 3. The minimum atomic E-state index is 0.566. The zero-order valence-corrected chi connectivity index (χ0v) is 17.3. The lowest BCUT2D eigenvalue weighted by atomic mass is 10.1. The average Bonchev–Trinajstić information content (AvgIpc) is 2.79. The molecule has 0 saturated carbocycles. The van der Waals surface area contributed by atoms with Gasteiger partial charge in [-0.3, -0.25) is 4.98 Å². The first-order chi connectivity index (χ1) is 14.2. The van der Waals surface area contributed by atoms with Crippen molar-refractivity contribution in [1.29, 1.82) is 0 Å². The maximum Gasteiger partial charge on any atom is 0.203 e. The normalized spacial score (nSPS) is 10.7. The Morgan fingerprint density at radius 1 is 0.759 bits per heavy atom. The van der Waals surface area contributed by atoms with Gasteiger partial charge in [-0.15, -0.1) is 0 Å². The zero-order valence-electron chi connectivity index (χ0n) is 16.5. The molecule has 1 aromatic heterocycles. The molecule has 5 heteroatoms. The highest BCUT2D eigenvalue weighted by Crippen LogP contribution is 2.45. The maximum atomic E-state index is 5.55. The molecule has 146 valence electrons. The highest BCUT2D eigenvalue weighted by atomic mass is 32.2. The minimum Gasteiger partial charge on any atom is -0.493 e. The van der Waals surface area contributed by atoms with E-state index in [2.05, 4.69) is 30.3 Å². The molecular weight excluding hydrogens is 382 g/mol. The van der Waals surface area contributed by atoms with Crippen molar-refractivity contribution in [2.75, 3.05) is 21.3 Å². The molecule has 4 rings (SSSR count). The van der Waals surface area contributed by atoms with Gasteiger partial charge in [0.15, 0.2) is 11.5 Å². The van der Waals surface area contributed by atoms with Crippen LogP contribution in [0.15, 0.2) is 82.7 Å². The van der Waals surface area contributed by atoms with Crippen molar-refractivity contribution in [2.24, 2.45) is 0 Å². The molecule has 29 heavy (non-hydrogen) atoms. The van der Waals surface area contributed by atoms with Crippen LogP contribution in [0.4, 0.5) is 0 Å². The van der Waals surface area contributed by atoms with Crippen LogP contribution in [0.25, 0.3) is 22.0 Å². The average molecular weight is 404 g/mol. The van der Waals surface area contributed by atoms with E-state index >= 15 is 0 Å². The highest BCUT2D eigenvalue weighted by Gasteiger charge is 2.18. The van der Waals surface area contributed by atoms with E-state index in [1.54, 1.807) is 33.1 Å². The molecule has 0 aliphatic rings. The van der Waals surface area contributed by atoms with Gasteiger partial charge < -0.3 is 14.2 Å². The van der Waals surface area contributed by atoms with Crippen LogP contribution in [0.5, 0.6) is 17.2 Å². The van der Waals surface area contributed by atoms with Gasteiger partial charge in [-0.25, -0.2) is 0 Å². The van der Waals surface area contributed by atoms with Crippen LogP contribution in [-0.2, 0) is 0 Å². The first kappa shape index (κ1) is 19.2. The summed E-state index contributed by atoms with van der Waals surface area (Å²) in [6.07, 6.45) is 1.91. The maximum absolute atomic E-state index is 5.55. The summed E-state index contributed by atoms with van der Waals surface area (Å²) in [5.74, 6) is 1.77. The molecule has 0 unspecified atom stereocenters. The molecule has 1 heterocycles. The van der Waals surface area contributed by atoms with Gasteiger partial charge in [-0.05, 0) is 29.7 Å². The van der Waals surface area contributed by atoms with Crippen molar-refractivity contribution >= 4 is 22.5 Å². The van der Waals surface area contributed by atoms with E-state index in [1.165, 1.54) is 0 Å². The van der Waals surface area contributed by atoms with E-state index in [0.717, 1.165) is 31.8 Å². The van der Waals surface area contributed by atoms with Crippen LogP contribution >= 0.6 is 11.8 Å². The predicted octanol–water partition coefficient (Wildman–Crippen LogP) is 6.08. The van der Waals surface area contributed by atoms with Crippen LogP contribution in [-0.4, -0.2) is 26.3 Å². The van der Waals surface area contributed by atoms with Crippen molar-refractivity contribution in [1.82, 2.24) is 4.98 Å². The van der Waals surface area contributed by atoms with Crippen molar-refractivity contribution in [3.05, 3.63) is 72.9 Å². The van der Waals surface area contributed by atoms with E-state index in [-0.39, 0.29) is 0 Å². The number of ether oxygens (including phenoxy) is 3. The van der Waals surface area contributed by atoms with E-state index < -0.39 is 0 Å². The largest absolute Gasteiger partial charge is 0.493 e. The second kappa shape index (κ2) is 8.45. The summed E-state index contributed by atoms with van der Waals surface area (Å²) >= 11 is 1.70. The first-order valence-electron chi connectivity index (χ1n) is 9.16. The smallest absolute Gasteiger partial charge is 0.203 e. The Bertz CT molecular complexity index is 1120. The lowest BCUT2D eigenvalue weighted by Crippen LogP contribution is -1.97. The van der Waals surface area contributed by atoms with Gasteiger partial charge in [0.2, 0.25) is 5.75 Å². The number of hydrogen-bond donors (Lipinski definition) is 0. The lowest BCUT2D eigenvalue weighted by Gasteiger charge is -2.16. The SMILES string of the molecule is COc1cc(-c2ncc3ccccc3c2Sc2ccccc2)cc(OC)c1OC. The van der Waals surface area contributed by atoms with Gasteiger partial charge in [0, 0.05) is 26.9 Å². The number of hydrogen-bond acceptors (Lipinski definition) is 5. The second-order valence-electron chi connectivity index (χ2n) is 6.35. The second-order valence-corrected chi connectivity index (χ2v) is 7.44. The summed E-state index contributed by atoms with van der Waals surface area (Å²) in [6, 6.07) is 22.5. The van der Waals surface area contributed by atoms with Crippen molar-refractivity contribution in [3.8, 4) is 28.5 Å². The monoisotopic (exact) mass is 403 g/mol. The lowest BCUT2D eigenvalue weighted by molar-refractivity contribution is 0.324. The van der Waals surface area contributed by atoms with Crippen LogP contribution in [0.2, 0.25) is 0 Å². The summed E-state index contributed by atoms with van der Waals surface area (Å²) < 4.78 is 16.6. The molecule has 0 atom stereocenters. The molecule has 4 nitrogen and oxygen atoms in total. The van der Waals surface area contributed by atoms with Crippen LogP contribution in [0.3, 0.4) is 0 Å². The summed E-state index contributed by atoms with van der Waals surface area (Å²) in [5, 5.41) is 2.25. The van der Waals surface area contributed by atoms with Gasteiger partial charge in [-0.2, -0.15) is 0 Å². The number of nitrogens with zero attached hydrogens (tertiary/aromatic N) is 1. The molecule has 0 spiro atoms. The summed E-state index contributed by atoms with van der Waals surface area (Å²) in [4.78, 5) is 7.05. The molecule has 0 bridgehead atoms. The topological polar surface area (TPSA) is 40.6 Å². The Labute approximate surface area is 174 Å². The molecule has 0 saturated heterocycles. The van der Waals surface area contributed by atoms with Gasteiger partial charge in [-0.1, -0.05) is 54.2 Å². The van der Waals surface area contributed by atoms with Crippen LogP contribution < -0.4 is 14.2 Å². The van der Waals surface area contributed by atoms with Crippen molar-refractivity contribution < 1.29 is 14.2 Å². The van der Waals surface area contributed by atoms with E-state index in [4.69, 9.17) is 19.2 Å². The quantitative estimate of drug-likeness (QED) is 0.390. The Balaban J connectivity index is 1.95. The van der Waals surface area contributed by atoms with Gasteiger partial charge >= 0.3 is 0 Å². The summed E-state index contributed by atoms with van der Waals surface area (Å²) in [7, 11) is 4.84. The van der Waals surface area contributed by atoms with Gasteiger partial charge in [0.25, 0.3) is 0 Å². The molecule has 0 radical (unpaired) electrons. The number of aromatic nitrogens is 1. The molecule has 0 amide bonds. The predicted molar refractivity (Wildman–Crippen MR) is 117 cm³/mol. The third-order valence-corrected chi connectivity index (χ3v) is 5.78. The Kier molecular flexibility index (Phi) is 5.58. The summed E-state index contributed by atoms with van der Waals surface area (Å²) in [6.45, 7) is 0. The van der Waals surface area contributed by atoms with E-state index in [9.17, 15) is 0 Å². The fourth-order valence-corrected chi connectivity index (χ4v) is 4.36. The standard InChI is InChI=1S/C24H21NO3S/c1-26-20-13-17(14-21(27-2)23(20)28-3)22-24(29-18-10-5-4-6-11-18)19-12-8-7-9-16(19)15-25-22/h4-15H,1-3H3. The Morgan fingerprint density at radius 2 is 1.41 bits per heavy atom. The van der Waals surface area contributed by atoms with E-state index in [0.29, 0.717) is 17.2 Å². The molecule has 4 aromatic rings. The van der Waals surface area contributed by atoms with Gasteiger partial charge in [0.05, 0.1) is 27.0 Å². The van der Waals surface area contributed by atoms with Crippen molar-refractivity contribution in [3.63, 3.8) is 0 Å². The fraction of sp³-hybridized carbons (Fsp3) is 0.125. The van der Waals surface area contributed by atoms with Crippen LogP contribution in [0.1, 0.15) is 0 Å². The highest BCUT2D eigenvalue weighted by molar-refractivity contribution is 7.99. The molecule has 0 aliphatic carbocycles. The Morgan fingerprint density at radius 3 is 2.07 bits per heavy atom. The number of pyridine rings is 1. The molecule has 0 aliphatic heterocycles. The van der Waals surface area contributed by atoms with Gasteiger partial charge in [0.1, 0.15) is 0 Å². The number of fused-ring (bicyclic) bond motifs is 1. The minimum absolute atomic E-state index is 0.566. The number of rotatable bonds is 6. The molecule has 0 N–H and O–H groups in total. The molecule has 0 fully saturated rings. The third-order valence-electron chi connectivity index (χ3n) is 4.65. The first-order valence-corrected chi connectivity index (χ1v) is 9.98. The molecular formula is C24H21NO3S.